The molecule has 0 saturated carbocycles. The van der Waals surface area contributed by atoms with Crippen LogP contribution in [0.4, 0.5) is 32.3 Å². The van der Waals surface area contributed by atoms with Crippen LogP contribution >= 0.6 is 0 Å². The third-order valence-electron chi connectivity index (χ3n) is 3.97. The normalized spacial score (nSPS) is 12.3. The fourth-order valence-electron chi connectivity index (χ4n) is 2.79. The highest BCUT2D eigenvalue weighted by Crippen LogP contribution is 2.26. The lowest BCUT2D eigenvalue weighted by Gasteiger charge is -2.21. The summed E-state index contributed by atoms with van der Waals surface area (Å²) in [5.74, 6) is 0. The molecule has 204 valence electrons. The Morgan fingerprint density at radius 3 is 1.22 bits per heavy atom. The molecule has 2 amide bonds. The number of para-hydroxylation sites is 4. The van der Waals surface area contributed by atoms with Gasteiger partial charge in [-0.1, -0.05) is 24.3 Å². The molecule has 0 radical (unpaired) electrons. The first-order chi connectivity index (χ1) is 16.8. The van der Waals surface area contributed by atoms with Gasteiger partial charge in [0.05, 0.1) is 22.7 Å². The van der Waals surface area contributed by atoms with E-state index < -0.39 is 48.5 Å². The zero-order chi connectivity index (χ0) is 28.1. The lowest BCUT2D eigenvalue weighted by atomic mass is 10.2. The monoisotopic (exact) mass is 556 g/mol. The maximum Gasteiger partial charge on any atom is 0.412 e. The predicted octanol–water partition coefficient (Wildman–Crippen LogP) is 4.52. The van der Waals surface area contributed by atoms with Crippen LogP contribution in [-0.2, 0) is 29.5 Å². The van der Waals surface area contributed by atoms with Crippen molar-refractivity contribution in [1.29, 1.82) is 0 Å². The van der Waals surface area contributed by atoms with Gasteiger partial charge in [0, 0.05) is 0 Å². The first-order valence-corrected chi connectivity index (χ1v) is 14.3. The fraction of sp³-hybridized carbons (Fsp3) is 0.391. The number of nitrogens with one attached hydrogen (secondary N) is 4. The molecule has 0 aliphatic heterocycles. The van der Waals surface area contributed by atoms with E-state index in [9.17, 15) is 26.4 Å². The highest BCUT2D eigenvalue weighted by Gasteiger charge is 2.25. The van der Waals surface area contributed by atoms with Crippen LogP contribution in [0.15, 0.2) is 48.5 Å². The van der Waals surface area contributed by atoms with Crippen molar-refractivity contribution in [3.63, 3.8) is 0 Å². The highest BCUT2D eigenvalue weighted by atomic mass is 32.3. The Morgan fingerprint density at radius 1 is 0.622 bits per heavy atom. The Balaban J connectivity index is 2.16. The van der Waals surface area contributed by atoms with Crippen LogP contribution in [-0.4, -0.2) is 45.3 Å². The third-order valence-corrected chi connectivity index (χ3v) is 7.51. The summed E-state index contributed by atoms with van der Waals surface area (Å²) >= 11 is 0. The van der Waals surface area contributed by atoms with Gasteiger partial charge in [0.2, 0.25) is 20.0 Å². The van der Waals surface area contributed by atoms with Crippen LogP contribution in [0.3, 0.4) is 0 Å². The minimum Gasteiger partial charge on any atom is -0.444 e. The topological polar surface area (TPSA) is 169 Å². The van der Waals surface area contributed by atoms with Crippen molar-refractivity contribution < 1.29 is 35.9 Å². The number of hydrogen-bond donors (Lipinski definition) is 4. The number of carbonyl (C=O) groups excluding carboxylic acids is 2. The van der Waals surface area contributed by atoms with Crippen LogP contribution in [0.2, 0.25) is 0 Å². The molecule has 0 spiro atoms. The third kappa shape index (κ3) is 11.0. The fourth-order valence-corrected chi connectivity index (χ4v) is 5.92. The first-order valence-electron chi connectivity index (χ1n) is 11.0. The molecule has 2 aromatic rings. The Bertz CT molecular complexity index is 1240. The molecule has 14 heteroatoms. The van der Waals surface area contributed by atoms with E-state index >= 15 is 0 Å². The summed E-state index contributed by atoms with van der Waals surface area (Å²) in [5, 5.41) is 3.51. The lowest BCUT2D eigenvalue weighted by Crippen LogP contribution is -2.30. The molecular formula is C23H32N4O8S2. The van der Waals surface area contributed by atoms with E-state index in [-0.39, 0.29) is 22.7 Å². The number of hydrogen-bond acceptors (Lipinski definition) is 8. The van der Waals surface area contributed by atoms with Gasteiger partial charge in [-0.05, 0) is 65.8 Å². The SMILES string of the molecule is CC(C)(C)OC(=O)Nc1ccccc1NS(=O)(=O)CS(=O)(=O)Nc1ccccc1NC(=O)OC(C)(C)C. The molecular weight excluding hydrogens is 524 g/mol. The van der Waals surface area contributed by atoms with Crippen LogP contribution in [0.25, 0.3) is 0 Å². The molecule has 0 heterocycles. The number of amides is 2. The van der Waals surface area contributed by atoms with E-state index in [0.29, 0.717) is 0 Å². The van der Waals surface area contributed by atoms with Gasteiger partial charge in [0.25, 0.3) is 0 Å². The van der Waals surface area contributed by atoms with Crippen molar-refractivity contribution >= 4 is 55.0 Å². The van der Waals surface area contributed by atoms with Gasteiger partial charge >= 0.3 is 12.2 Å². The summed E-state index contributed by atoms with van der Waals surface area (Å²) in [5.41, 5.74) is -1.55. The molecule has 2 aromatic carbocycles. The van der Waals surface area contributed by atoms with Crippen molar-refractivity contribution in [3.8, 4) is 0 Å². The van der Waals surface area contributed by atoms with Crippen molar-refractivity contribution in [2.24, 2.45) is 0 Å². The van der Waals surface area contributed by atoms with E-state index in [4.69, 9.17) is 9.47 Å². The van der Waals surface area contributed by atoms with Crippen molar-refractivity contribution in [2.75, 3.05) is 25.2 Å². The maximum atomic E-state index is 12.7. The molecule has 0 fully saturated rings. The number of ether oxygens (including phenoxy) is 2. The molecule has 0 aliphatic rings. The van der Waals surface area contributed by atoms with E-state index in [1.165, 1.54) is 36.4 Å². The summed E-state index contributed by atoms with van der Waals surface area (Å²) in [7, 11) is -8.94. The second-order valence-electron chi connectivity index (χ2n) is 9.90. The van der Waals surface area contributed by atoms with Crippen molar-refractivity contribution in [3.05, 3.63) is 48.5 Å². The Hall–Kier alpha value is -3.52. The molecule has 37 heavy (non-hydrogen) atoms. The Kier molecular flexibility index (Phi) is 9.04. The molecule has 4 N–H and O–H groups in total. The number of rotatable bonds is 8. The predicted molar refractivity (Wildman–Crippen MR) is 143 cm³/mol. The highest BCUT2D eigenvalue weighted by molar-refractivity contribution is 8.09. The molecule has 2 rings (SSSR count). The molecule has 0 atom stereocenters. The van der Waals surface area contributed by atoms with Gasteiger partial charge in [0.1, 0.15) is 11.2 Å². The summed E-state index contributed by atoms with van der Waals surface area (Å²) in [6.07, 6.45) is -1.63. The Morgan fingerprint density at radius 2 is 0.919 bits per heavy atom. The summed E-state index contributed by atoms with van der Waals surface area (Å²) in [6, 6.07) is 11.7. The van der Waals surface area contributed by atoms with Crippen LogP contribution in [0.1, 0.15) is 41.5 Å². The van der Waals surface area contributed by atoms with Gasteiger partial charge in [-0.2, -0.15) is 0 Å². The lowest BCUT2D eigenvalue weighted by molar-refractivity contribution is 0.0624. The van der Waals surface area contributed by atoms with Gasteiger partial charge in [-0.3, -0.25) is 20.1 Å². The summed E-state index contributed by atoms with van der Waals surface area (Å²) in [4.78, 5) is 24.2. The zero-order valence-corrected chi connectivity index (χ0v) is 23.0. The van der Waals surface area contributed by atoms with Gasteiger partial charge in [-0.25, -0.2) is 26.4 Å². The smallest absolute Gasteiger partial charge is 0.412 e. The molecule has 0 saturated heterocycles. The molecule has 12 nitrogen and oxygen atoms in total. The summed E-state index contributed by atoms with van der Waals surface area (Å²) < 4.78 is 65.6. The Labute approximate surface area is 217 Å². The number of sulfonamides is 2. The molecule has 0 bridgehead atoms. The van der Waals surface area contributed by atoms with Crippen molar-refractivity contribution in [1.82, 2.24) is 0 Å². The average molecular weight is 557 g/mol. The number of anilines is 4. The zero-order valence-electron chi connectivity index (χ0n) is 21.4. The van der Waals surface area contributed by atoms with Crippen LogP contribution in [0.5, 0.6) is 0 Å². The van der Waals surface area contributed by atoms with E-state index in [1.807, 2.05) is 0 Å². The van der Waals surface area contributed by atoms with Gasteiger partial charge in [0.15, 0.2) is 5.08 Å². The van der Waals surface area contributed by atoms with Crippen LogP contribution < -0.4 is 20.1 Å². The quantitative estimate of drug-likeness (QED) is 0.368. The molecule has 0 aromatic heterocycles. The van der Waals surface area contributed by atoms with Crippen molar-refractivity contribution in [2.45, 2.75) is 52.7 Å². The minimum absolute atomic E-state index is 0.0597. The van der Waals surface area contributed by atoms with Crippen LogP contribution in [0, 0.1) is 0 Å². The van der Waals surface area contributed by atoms with Gasteiger partial charge < -0.3 is 9.47 Å². The van der Waals surface area contributed by atoms with E-state index in [1.54, 1.807) is 53.7 Å². The number of benzene rings is 2. The maximum absolute atomic E-state index is 12.7. The summed E-state index contributed by atoms with van der Waals surface area (Å²) in [6.45, 7) is 10.0. The average Bonchev–Trinajstić information content (AvgIpc) is 2.66. The molecule has 0 aliphatic carbocycles. The minimum atomic E-state index is -4.47. The molecule has 0 unspecified atom stereocenters. The second kappa shape index (κ2) is 11.3. The second-order valence-corrected chi connectivity index (χ2v) is 13.7. The van der Waals surface area contributed by atoms with E-state index in [0.717, 1.165) is 0 Å². The standard InChI is InChI=1S/C23H32N4O8S2/c1-22(2,3)34-20(28)24-16-11-7-9-13-18(16)26-36(30,31)15-37(32,33)27-19-14-10-8-12-17(19)25-21(29)35-23(4,5)6/h7-14,26-27H,15H2,1-6H3,(H,24,28)(H,25,29). The first kappa shape index (κ1) is 29.7. The largest absolute Gasteiger partial charge is 0.444 e. The van der Waals surface area contributed by atoms with Gasteiger partial charge in [-0.15, -0.1) is 0 Å². The number of carbonyl (C=O) groups is 2. The van der Waals surface area contributed by atoms with E-state index in [2.05, 4.69) is 20.1 Å².